The number of hydrogen-bond acceptors (Lipinski definition) is 5. The average molecular weight is 409 g/mol. The lowest BCUT2D eigenvalue weighted by molar-refractivity contribution is -0.143. The maximum absolute atomic E-state index is 11.1. The van der Waals surface area contributed by atoms with E-state index in [-0.39, 0.29) is 11.9 Å². The summed E-state index contributed by atoms with van der Waals surface area (Å²) >= 11 is 7.99. The van der Waals surface area contributed by atoms with Gasteiger partial charge in [0.15, 0.2) is 0 Å². The number of carbonyl (C=O) groups is 2. The van der Waals surface area contributed by atoms with Crippen LogP contribution in [0.1, 0.15) is 90.9 Å². The van der Waals surface area contributed by atoms with Gasteiger partial charge in [0, 0.05) is 12.2 Å². The lowest BCUT2D eigenvalue weighted by Gasteiger charge is -2.08. The number of ether oxygens (including phenoxy) is 1. The van der Waals surface area contributed by atoms with Gasteiger partial charge >= 0.3 is 11.9 Å². The van der Waals surface area contributed by atoms with Crippen molar-refractivity contribution in [3.05, 3.63) is 0 Å². The fraction of sp³-hybridized carbons (Fsp3) is 0.900. The summed E-state index contributed by atoms with van der Waals surface area (Å²) in [4.78, 5) is 21.6. The molecule has 0 aromatic rings. The largest absolute Gasteiger partial charge is 0.481 e. The first-order valence-electron chi connectivity index (χ1n) is 10.1. The molecule has 0 aromatic heterocycles. The molecule has 0 aliphatic rings. The molecule has 0 spiro atoms. The molecule has 0 aliphatic carbocycles. The molecular formula is C20H40O4S2. The minimum Gasteiger partial charge on any atom is -0.481 e. The molecule has 0 aliphatic heterocycles. The van der Waals surface area contributed by atoms with Gasteiger partial charge < -0.3 is 9.84 Å². The van der Waals surface area contributed by atoms with Crippen molar-refractivity contribution < 1.29 is 19.4 Å². The number of thiol groups is 2. The molecule has 26 heavy (non-hydrogen) atoms. The Morgan fingerprint density at radius 2 is 1.42 bits per heavy atom. The number of carboxylic acids is 1. The van der Waals surface area contributed by atoms with Gasteiger partial charge in [0.1, 0.15) is 6.61 Å². The van der Waals surface area contributed by atoms with Gasteiger partial charge in [-0.1, -0.05) is 65.2 Å². The molecule has 1 unspecified atom stereocenters. The first-order valence-corrected chi connectivity index (χ1v) is 11.4. The fourth-order valence-corrected chi connectivity index (χ4v) is 2.86. The van der Waals surface area contributed by atoms with Crippen molar-refractivity contribution in [3.63, 3.8) is 0 Å². The number of hydrogen-bond donors (Lipinski definition) is 3. The van der Waals surface area contributed by atoms with Crippen LogP contribution in [0.2, 0.25) is 0 Å². The highest BCUT2D eigenvalue weighted by Crippen LogP contribution is 2.13. The number of unbranched alkanes of at least 4 members (excludes halogenated alkanes) is 7. The van der Waals surface area contributed by atoms with Crippen LogP contribution in [-0.2, 0) is 14.3 Å². The van der Waals surface area contributed by atoms with Gasteiger partial charge in [-0.2, -0.15) is 25.3 Å². The van der Waals surface area contributed by atoms with Gasteiger partial charge in [-0.05, 0) is 25.0 Å². The van der Waals surface area contributed by atoms with Crippen LogP contribution in [0.15, 0.2) is 0 Å². The van der Waals surface area contributed by atoms with Gasteiger partial charge in [0.25, 0.3) is 0 Å². The van der Waals surface area contributed by atoms with E-state index in [0.29, 0.717) is 31.0 Å². The van der Waals surface area contributed by atoms with Crippen LogP contribution >= 0.6 is 25.3 Å². The Bertz CT molecular complexity index is 325. The van der Waals surface area contributed by atoms with E-state index >= 15 is 0 Å². The van der Waals surface area contributed by atoms with Crippen LogP contribution in [0.25, 0.3) is 0 Å². The fourth-order valence-electron chi connectivity index (χ4n) is 2.46. The molecule has 0 rings (SSSR count). The highest BCUT2D eigenvalue weighted by molar-refractivity contribution is 7.80. The third-order valence-corrected chi connectivity index (χ3v) is 4.51. The summed E-state index contributed by atoms with van der Waals surface area (Å²) in [7, 11) is 0. The van der Waals surface area contributed by atoms with E-state index in [4.69, 9.17) is 9.84 Å². The van der Waals surface area contributed by atoms with Gasteiger partial charge in [0.05, 0.1) is 5.92 Å². The van der Waals surface area contributed by atoms with E-state index in [2.05, 4.69) is 39.1 Å². The van der Waals surface area contributed by atoms with Gasteiger partial charge in [0.2, 0.25) is 0 Å². The molecule has 0 aromatic carbocycles. The molecule has 0 saturated heterocycles. The summed E-state index contributed by atoms with van der Waals surface area (Å²) in [6.07, 6.45) is 12.8. The van der Waals surface area contributed by atoms with E-state index in [1.165, 1.54) is 32.1 Å². The Labute approximate surface area is 171 Å². The third kappa shape index (κ3) is 21.7. The summed E-state index contributed by atoms with van der Waals surface area (Å²) in [5.74, 6) is 0.362. The van der Waals surface area contributed by atoms with E-state index in [0.717, 1.165) is 32.1 Å². The summed E-state index contributed by atoms with van der Waals surface area (Å²) in [5.41, 5.74) is 0. The Balaban J connectivity index is 0. The molecule has 0 radical (unpaired) electrons. The average Bonchev–Trinajstić information content (AvgIpc) is 2.63. The lowest BCUT2D eigenvalue weighted by Crippen LogP contribution is -2.13. The second-order valence-electron chi connectivity index (χ2n) is 6.51. The van der Waals surface area contributed by atoms with Crippen LogP contribution in [0, 0.1) is 5.92 Å². The minimum atomic E-state index is -0.674. The SMILES string of the molecule is CCCCC(CCS)C(=O)O.CCCCCCCCCC(=O)OCCS. The minimum absolute atomic E-state index is 0.0717. The topological polar surface area (TPSA) is 63.6 Å². The Morgan fingerprint density at radius 1 is 0.846 bits per heavy atom. The lowest BCUT2D eigenvalue weighted by atomic mass is 10.00. The first kappa shape index (κ1) is 27.9. The zero-order chi connectivity index (χ0) is 20.0. The van der Waals surface area contributed by atoms with Crippen molar-refractivity contribution >= 4 is 37.2 Å². The van der Waals surface area contributed by atoms with Crippen LogP contribution in [0.5, 0.6) is 0 Å². The second kappa shape index (κ2) is 22.7. The summed E-state index contributed by atoms with van der Waals surface area (Å²) in [6, 6.07) is 0. The zero-order valence-electron chi connectivity index (χ0n) is 16.8. The molecule has 6 heteroatoms. The van der Waals surface area contributed by atoms with E-state index in [1.807, 2.05) is 0 Å². The highest BCUT2D eigenvalue weighted by atomic mass is 32.1. The van der Waals surface area contributed by atoms with Gasteiger partial charge in [-0.15, -0.1) is 0 Å². The van der Waals surface area contributed by atoms with Crippen LogP contribution < -0.4 is 0 Å². The second-order valence-corrected chi connectivity index (χ2v) is 7.40. The van der Waals surface area contributed by atoms with Crippen molar-refractivity contribution in [3.8, 4) is 0 Å². The van der Waals surface area contributed by atoms with Crippen LogP contribution in [0.3, 0.4) is 0 Å². The van der Waals surface area contributed by atoms with Crippen molar-refractivity contribution in [1.29, 1.82) is 0 Å². The quantitative estimate of drug-likeness (QED) is 0.172. The molecule has 156 valence electrons. The van der Waals surface area contributed by atoms with Gasteiger partial charge in [-0.3, -0.25) is 9.59 Å². The normalized spacial score (nSPS) is 11.4. The molecule has 0 saturated carbocycles. The molecule has 1 N–H and O–H groups in total. The first-order chi connectivity index (χ1) is 12.5. The molecule has 1 atom stereocenters. The number of carbonyl (C=O) groups excluding carboxylic acids is 1. The van der Waals surface area contributed by atoms with Crippen molar-refractivity contribution in [1.82, 2.24) is 0 Å². The van der Waals surface area contributed by atoms with Crippen LogP contribution in [0.4, 0.5) is 0 Å². The van der Waals surface area contributed by atoms with E-state index in [1.54, 1.807) is 0 Å². The molecule has 0 fully saturated rings. The van der Waals surface area contributed by atoms with E-state index < -0.39 is 5.97 Å². The van der Waals surface area contributed by atoms with Crippen molar-refractivity contribution in [2.24, 2.45) is 5.92 Å². The monoisotopic (exact) mass is 408 g/mol. The molecular weight excluding hydrogens is 368 g/mol. The van der Waals surface area contributed by atoms with Crippen molar-refractivity contribution in [2.45, 2.75) is 90.9 Å². The molecule has 0 amide bonds. The molecule has 0 heterocycles. The van der Waals surface area contributed by atoms with E-state index in [9.17, 15) is 9.59 Å². The maximum atomic E-state index is 11.1. The van der Waals surface area contributed by atoms with Gasteiger partial charge in [-0.25, -0.2) is 0 Å². The predicted molar refractivity (Wildman–Crippen MR) is 117 cm³/mol. The Kier molecular flexibility index (Phi) is 24.3. The number of esters is 1. The standard InChI is InChI=1S/C12H24O2S.C8H16O2S/c1-2-3-4-5-6-7-8-9-12(13)14-10-11-15;1-2-3-4-7(5-6-11)8(9)10/h15H,2-11H2,1H3;7,11H,2-6H2,1H3,(H,9,10). The highest BCUT2D eigenvalue weighted by Gasteiger charge is 2.14. The molecule has 0 bridgehead atoms. The Morgan fingerprint density at radius 3 is 1.92 bits per heavy atom. The summed E-state index contributed by atoms with van der Waals surface area (Å²) in [6.45, 7) is 4.73. The smallest absolute Gasteiger partial charge is 0.306 e. The number of aliphatic carboxylic acids is 1. The zero-order valence-corrected chi connectivity index (χ0v) is 18.5. The predicted octanol–water partition coefficient (Wildman–Crippen LogP) is 5.80. The van der Waals surface area contributed by atoms with Crippen LogP contribution in [-0.4, -0.2) is 35.2 Å². The number of rotatable bonds is 16. The molecule has 4 nitrogen and oxygen atoms in total. The third-order valence-electron chi connectivity index (χ3n) is 4.07. The maximum Gasteiger partial charge on any atom is 0.306 e. The number of carboxylic acid groups (broad SMARTS) is 1. The Hall–Kier alpha value is -0.360. The summed E-state index contributed by atoms with van der Waals surface area (Å²) < 4.78 is 4.92. The van der Waals surface area contributed by atoms with Crippen molar-refractivity contribution in [2.75, 3.05) is 18.1 Å². The summed E-state index contributed by atoms with van der Waals surface area (Å²) in [5, 5.41) is 8.70.